The molecule has 1 aliphatic heterocycles. The summed E-state index contributed by atoms with van der Waals surface area (Å²) in [5.74, 6) is 0.716. The number of carbonyl (C=O) groups is 2. The molecular weight excluding hydrogens is 254 g/mol. The van der Waals surface area contributed by atoms with E-state index in [9.17, 15) is 9.59 Å². The molecule has 114 valence electrons. The number of rotatable bonds is 6. The lowest BCUT2D eigenvalue weighted by atomic mass is 9.93. The van der Waals surface area contributed by atoms with Crippen molar-refractivity contribution in [1.29, 1.82) is 0 Å². The lowest BCUT2D eigenvalue weighted by Gasteiger charge is -2.33. The second-order valence-corrected chi connectivity index (χ2v) is 6.47. The van der Waals surface area contributed by atoms with Gasteiger partial charge in [-0.05, 0) is 37.5 Å². The quantitative estimate of drug-likeness (QED) is 0.814. The summed E-state index contributed by atoms with van der Waals surface area (Å²) in [6, 6.07) is 0. The summed E-state index contributed by atoms with van der Waals surface area (Å²) in [5, 5.41) is 8.74. The molecule has 0 aromatic carbocycles. The maximum Gasteiger partial charge on any atom is 0.303 e. The van der Waals surface area contributed by atoms with E-state index in [1.54, 1.807) is 0 Å². The molecule has 4 heteroatoms. The maximum absolute atomic E-state index is 12.2. The van der Waals surface area contributed by atoms with E-state index in [1.165, 1.54) is 25.7 Å². The highest BCUT2D eigenvalue weighted by Gasteiger charge is 2.25. The number of carboxylic acids is 1. The van der Waals surface area contributed by atoms with Gasteiger partial charge in [-0.2, -0.15) is 0 Å². The van der Waals surface area contributed by atoms with E-state index in [-0.39, 0.29) is 12.3 Å². The average Bonchev–Trinajstić information content (AvgIpc) is 2.96. The van der Waals surface area contributed by atoms with Crippen LogP contribution in [0.2, 0.25) is 0 Å². The molecule has 2 fully saturated rings. The van der Waals surface area contributed by atoms with Gasteiger partial charge in [0.1, 0.15) is 0 Å². The van der Waals surface area contributed by atoms with Gasteiger partial charge in [0.15, 0.2) is 0 Å². The van der Waals surface area contributed by atoms with E-state index in [2.05, 4.69) is 0 Å². The first-order chi connectivity index (χ1) is 9.65. The first-order valence-corrected chi connectivity index (χ1v) is 8.14. The van der Waals surface area contributed by atoms with E-state index in [1.807, 2.05) is 4.90 Å². The summed E-state index contributed by atoms with van der Waals surface area (Å²) >= 11 is 0. The van der Waals surface area contributed by atoms with E-state index in [0.717, 1.165) is 38.3 Å². The molecule has 4 nitrogen and oxygen atoms in total. The number of piperidine rings is 1. The van der Waals surface area contributed by atoms with Crippen LogP contribution in [0, 0.1) is 11.8 Å². The molecule has 1 unspecified atom stereocenters. The van der Waals surface area contributed by atoms with Crippen LogP contribution in [0.4, 0.5) is 0 Å². The second-order valence-electron chi connectivity index (χ2n) is 6.47. The third kappa shape index (κ3) is 4.80. The molecule has 1 saturated carbocycles. The number of likely N-dealkylation sites (tertiary alicyclic amines) is 1. The molecule has 1 saturated heterocycles. The lowest BCUT2D eigenvalue weighted by Crippen LogP contribution is -2.40. The van der Waals surface area contributed by atoms with Crippen molar-refractivity contribution >= 4 is 11.9 Å². The average molecular weight is 281 g/mol. The van der Waals surface area contributed by atoms with Gasteiger partial charge >= 0.3 is 5.97 Å². The van der Waals surface area contributed by atoms with Gasteiger partial charge < -0.3 is 10.0 Å². The normalized spacial score (nSPS) is 24.0. The fourth-order valence-corrected chi connectivity index (χ4v) is 3.64. The number of carbonyl (C=O) groups excluding carboxylic acids is 1. The van der Waals surface area contributed by atoms with Crippen LogP contribution < -0.4 is 0 Å². The predicted octanol–water partition coefficient (Wildman–Crippen LogP) is 3.06. The number of amides is 1. The van der Waals surface area contributed by atoms with Gasteiger partial charge in [-0.15, -0.1) is 0 Å². The van der Waals surface area contributed by atoms with Crippen molar-refractivity contribution in [2.75, 3.05) is 13.1 Å². The highest BCUT2D eigenvalue weighted by molar-refractivity contribution is 5.76. The lowest BCUT2D eigenvalue weighted by molar-refractivity contribution is -0.137. The Kier molecular flexibility index (Phi) is 5.86. The highest BCUT2D eigenvalue weighted by Crippen LogP contribution is 2.29. The molecule has 2 rings (SSSR count). The minimum Gasteiger partial charge on any atom is -0.481 e. The van der Waals surface area contributed by atoms with Gasteiger partial charge in [-0.25, -0.2) is 0 Å². The second kappa shape index (κ2) is 7.65. The predicted molar refractivity (Wildman–Crippen MR) is 77.4 cm³/mol. The van der Waals surface area contributed by atoms with Crippen LogP contribution in [0.15, 0.2) is 0 Å². The van der Waals surface area contributed by atoms with Gasteiger partial charge in [-0.1, -0.05) is 25.7 Å². The molecule has 1 N–H and O–H groups in total. The Morgan fingerprint density at radius 3 is 2.30 bits per heavy atom. The molecule has 20 heavy (non-hydrogen) atoms. The monoisotopic (exact) mass is 281 g/mol. The summed E-state index contributed by atoms with van der Waals surface area (Å²) in [7, 11) is 0. The molecular formula is C16H27NO3. The number of hydrogen-bond donors (Lipinski definition) is 1. The van der Waals surface area contributed by atoms with E-state index < -0.39 is 5.97 Å². The number of hydrogen-bond acceptors (Lipinski definition) is 2. The topological polar surface area (TPSA) is 57.6 Å². The van der Waals surface area contributed by atoms with Crippen LogP contribution in [0.1, 0.15) is 64.2 Å². The molecule has 1 atom stereocenters. The Hall–Kier alpha value is -1.06. The molecule has 0 spiro atoms. The highest BCUT2D eigenvalue weighted by atomic mass is 16.4. The van der Waals surface area contributed by atoms with Crippen molar-refractivity contribution < 1.29 is 14.7 Å². The van der Waals surface area contributed by atoms with E-state index >= 15 is 0 Å². The molecule has 2 aliphatic rings. The molecule has 0 radical (unpaired) electrons. The maximum atomic E-state index is 12.2. The van der Waals surface area contributed by atoms with Crippen molar-refractivity contribution in [1.82, 2.24) is 4.90 Å². The first kappa shape index (κ1) is 15.3. The van der Waals surface area contributed by atoms with Crippen LogP contribution in [0.25, 0.3) is 0 Å². The van der Waals surface area contributed by atoms with Crippen molar-refractivity contribution in [2.24, 2.45) is 11.8 Å². The zero-order chi connectivity index (χ0) is 14.4. The van der Waals surface area contributed by atoms with Crippen molar-refractivity contribution in [3.05, 3.63) is 0 Å². The van der Waals surface area contributed by atoms with E-state index in [4.69, 9.17) is 5.11 Å². The third-order valence-corrected chi connectivity index (χ3v) is 4.88. The Balaban J connectivity index is 1.70. The molecule has 0 bridgehead atoms. The number of aliphatic carboxylic acids is 1. The van der Waals surface area contributed by atoms with Gasteiger partial charge in [-0.3, -0.25) is 9.59 Å². The minimum absolute atomic E-state index is 0.231. The van der Waals surface area contributed by atoms with Gasteiger partial charge in [0.2, 0.25) is 5.91 Å². The molecule has 1 aliphatic carbocycles. The Morgan fingerprint density at radius 2 is 1.60 bits per heavy atom. The SMILES string of the molecule is O=C(O)CCC1CCCN(C(=O)CCC2CCCC2)C1. The first-order valence-electron chi connectivity index (χ1n) is 8.14. The van der Waals surface area contributed by atoms with Crippen LogP contribution >= 0.6 is 0 Å². The summed E-state index contributed by atoms with van der Waals surface area (Å²) in [6.45, 7) is 1.64. The van der Waals surface area contributed by atoms with Gasteiger partial charge in [0, 0.05) is 25.9 Å². The summed E-state index contributed by atoms with van der Waals surface area (Å²) < 4.78 is 0. The smallest absolute Gasteiger partial charge is 0.303 e. The standard InChI is InChI=1S/C16H27NO3/c18-15(9-7-13-4-1-2-5-13)17-11-3-6-14(12-17)8-10-16(19)20/h13-14H,1-12H2,(H,19,20). The third-order valence-electron chi connectivity index (χ3n) is 4.88. The number of nitrogens with zero attached hydrogens (tertiary/aromatic N) is 1. The fourth-order valence-electron chi connectivity index (χ4n) is 3.64. The Bertz CT molecular complexity index is 337. The van der Waals surface area contributed by atoms with E-state index in [0.29, 0.717) is 18.8 Å². The molecule has 0 aromatic heterocycles. The summed E-state index contributed by atoms with van der Waals surface area (Å²) in [4.78, 5) is 24.9. The number of carboxylic acid groups (broad SMARTS) is 1. The minimum atomic E-state index is -0.727. The zero-order valence-electron chi connectivity index (χ0n) is 12.4. The molecule has 1 heterocycles. The van der Waals surface area contributed by atoms with Crippen LogP contribution in [0.5, 0.6) is 0 Å². The Morgan fingerprint density at radius 1 is 0.950 bits per heavy atom. The van der Waals surface area contributed by atoms with Gasteiger partial charge in [0.25, 0.3) is 0 Å². The van der Waals surface area contributed by atoms with Crippen LogP contribution in [0.3, 0.4) is 0 Å². The molecule has 0 aromatic rings. The van der Waals surface area contributed by atoms with Crippen molar-refractivity contribution in [2.45, 2.75) is 64.2 Å². The van der Waals surface area contributed by atoms with Gasteiger partial charge in [0.05, 0.1) is 0 Å². The van der Waals surface area contributed by atoms with Crippen LogP contribution in [-0.4, -0.2) is 35.0 Å². The summed E-state index contributed by atoms with van der Waals surface area (Å²) in [5.41, 5.74) is 0. The van der Waals surface area contributed by atoms with Crippen molar-refractivity contribution in [3.63, 3.8) is 0 Å². The zero-order valence-corrected chi connectivity index (χ0v) is 12.4. The molecule has 1 amide bonds. The van der Waals surface area contributed by atoms with Crippen LogP contribution in [-0.2, 0) is 9.59 Å². The van der Waals surface area contributed by atoms with Crippen molar-refractivity contribution in [3.8, 4) is 0 Å². The largest absolute Gasteiger partial charge is 0.481 e. The Labute approximate surface area is 121 Å². The summed E-state index contributed by atoms with van der Waals surface area (Å²) in [6.07, 6.45) is 10.0. The fraction of sp³-hybridized carbons (Fsp3) is 0.875.